The number of carbonyl (C=O) groups excluding carboxylic acids is 2. The van der Waals surface area contributed by atoms with E-state index in [1.165, 1.54) is 0 Å². The highest BCUT2D eigenvalue weighted by atomic mass is 16.2. The van der Waals surface area contributed by atoms with Gasteiger partial charge in [0.2, 0.25) is 5.91 Å². The molecule has 1 aromatic rings. The van der Waals surface area contributed by atoms with E-state index in [2.05, 4.69) is 10.6 Å². The number of rotatable bonds is 6. The van der Waals surface area contributed by atoms with Crippen LogP contribution in [0.15, 0.2) is 24.3 Å². The molecular weight excluding hydrogens is 242 g/mol. The maximum atomic E-state index is 12.0. The van der Waals surface area contributed by atoms with Crippen LogP contribution in [0.4, 0.5) is 0 Å². The summed E-state index contributed by atoms with van der Waals surface area (Å²) in [6.45, 7) is 4.21. The molecule has 0 aromatic heterocycles. The lowest BCUT2D eigenvalue weighted by Gasteiger charge is -2.11. The summed E-state index contributed by atoms with van der Waals surface area (Å²) in [7, 11) is 0. The maximum Gasteiger partial charge on any atom is 0.251 e. The second-order valence-electron chi connectivity index (χ2n) is 4.60. The van der Waals surface area contributed by atoms with Crippen molar-refractivity contribution in [1.82, 2.24) is 10.6 Å². The van der Waals surface area contributed by atoms with Crippen molar-refractivity contribution >= 4 is 11.8 Å². The van der Waals surface area contributed by atoms with Crippen molar-refractivity contribution in [2.75, 3.05) is 13.1 Å². The molecule has 0 spiro atoms. The van der Waals surface area contributed by atoms with E-state index in [0.29, 0.717) is 18.5 Å². The van der Waals surface area contributed by atoms with E-state index in [1.807, 2.05) is 26.0 Å². The smallest absolute Gasteiger partial charge is 0.251 e. The van der Waals surface area contributed by atoms with Crippen molar-refractivity contribution in [3.05, 3.63) is 35.4 Å². The summed E-state index contributed by atoms with van der Waals surface area (Å²) in [6.07, 6.45) is 0.641. The molecule has 19 heavy (non-hydrogen) atoms. The van der Waals surface area contributed by atoms with Crippen LogP contribution in [0, 0.1) is 0 Å². The zero-order valence-electron chi connectivity index (χ0n) is 11.4. The Morgan fingerprint density at radius 1 is 1.26 bits per heavy atom. The lowest BCUT2D eigenvalue weighted by molar-refractivity contribution is -0.120. The molecule has 0 aliphatic heterocycles. The van der Waals surface area contributed by atoms with Crippen LogP contribution >= 0.6 is 0 Å². The Bertz CT molecular complexity index is 444. The highest BCUT2D eigenvalue weighted by Crippen LogP contribution is 2.08. The van der Waals surface area contributed by atoms with Gasteiger partial charge in [0.15, 0.2) is 0 Å². The lowest BCUT2D eigenvalue weighted by Crippen LogP contribution is -2.40. The van der Waals surface area contributed by atoms with Gasteiger partial charge >= 0.3 is 0 Å². The summed E-state index contributed by atoms with van der Waals surface area (Å²) in [5, 5.41) is 5.33. The molecule has 0 heterocycles. The summed E-state index contributed by atoms with van der Waals surface area (Å²) in [6, 6.07) is 7.33. The molecule has 0 bridgehead atoms. The van der Waals surface area contributed by atoms with Crippen molar-refractivity contribution in [2.45, 2.75) is 26.3 Å². The zero-order valence-corrected chi connectivity index (χ0v) is 11.4. The molecule has 0 saturated heterocycles. The molecule has 2 amide bonds. The Kier molecular flexibility index (Phi) is 6.02. The highest BCUT2D eigenvalue weighted by Gasteiger charge is 2.11. The quantitative estimate of drug-likeness (QED) is 0.696. The fourth-order valence-corrected chi connectivity index (χ4v) is 1.74. The van der Waals surface area contributed by atoms with Crippen LogP contribution in [-0.2, 0) is 11.2 Å². The molecule has 0 aliphatic carbocycles. The van der Waals surface area contributed by atoms with Gasteiger partial charge in [-0.25, -0.2) is 0 Å². The van der Waals surface area contributed by atoms with Gasteiger partial charge in [-0.1, -0.05) is 18.2 Å². The van der Waals surface area contributed by atoms with Crippen LogP contribution in [0.1, 0.15) is 29.8 Å². The Balaban J connectivity index is 2.61. The third kappa shape index (κ3) is 5.09. The molecule has 0 aliphatic rings. The van der Waals surface area contributed by atoms with E-state index in [4.69, 9.17) is 5.73 Å². The van der Waals surface area contributed by atoms with Crippen LogP contribution in [0.25, 0.3) is 0 Å². The predicted octanol–water partition coefficient (Wildman–Crippen LogP) is 0.442. The van der Waals surface area contributed by atoms with Crippen molar-refractivity contribution in [1.29, 1.82) is 0 Å². The summed E-state index contributed by atoms with van der Waals surface area (Å²) >= 11 is 0. The molecule has 104 valence electrons. The van der Waals surface area contributed by atoms with E-state index >= 15 is 0 Å². The van der Waals surface area contributed by atoms with Crippen LogP contribution < -0.4 is 16.4 Å². The monoisotopic (exact) mass is 263 g/mol. The van der Waals surface area contributed by atoms with Gasteiger partial charge in [-0.15, -0.1) is 0 Å². The first kappa shape index (κ1) is 15.2. The maximum absolute atomic E-state index is 12.0. The van der Waals surface area contributed by atoms with Gasteiger partial charge in [-0.05, 0) is 38.4 Å². The fraction of sp³-hybridized carbons (Fsp3) is 0.429. The largest absolute Gasteiger partial charge is 0.352 e. The zero-order chi connectivity index (χ0) is 14.3. The molecule has 0 fully saturated rings. The third-order valence-electron chi connectivity index (χ3n) is 2.53. The summed E-state index contributed by atoms with van der Waals surface area (Å²) in [5.74, 6) is -0.442. The minimum atomic E-state index is -0.247. The minimum Gasteiger partial charge on any atom is -0.352 e. The van der Waals surface area contributed by atoms with Crippen molar-refractivity contribution in [2.24, 2.45) is 5.73 Å². The average Bonchev–Trinajstić information content (AvgIpc) is 2.36. The predicted molar refractivity (Wildman–Crippen MR) is 74.8 cm³/mol. The third-order valence-corrected chi connectivity index (χ3v) is 2.53. The van der Waals surface area contributed by atoms with Gasteiger partial charge < -0.3 is 16.4 Å². The molecule has 0 atom stereocenters. The molecule has 0 unspecified atom stereocenters. The van der Waals surface area contributed by atoms with Gasteiger partial charge in [0, 0.05) is 11.6 Å². The van der Waals surface area contributed by atoms with E-state index in [-0.39, 0.29) is 24.4 Å². The number of hydrogen-bond donors (Lipinski definition) is 3. The fourth-order valence-electron chi connectivity index (χ4n) is 1.74. The number of hydrogen-bond acceptors (Lipinski definition) is 3. The van der Waals surface area contributed by atoms with E-state index < -0.39 is 0 Å². The molecule has 0 saturated carbocycles. The molecule has 5 nitrogen and oxygen atoms in total. The molecule has 1 aromatic carbocycles. The average molecular weight is 263 g/mol. The van der Waals surface area contributed by atoms with Crippen molar-refractivity contribution in [3.8, 4) is 0 Å². The van der Waals surface area contributed by atoms with E-state index in [9.17, 15) is 9.59 Å². The van der Waals surface area contributed by atoms with Crippen LogP contribution in [0.5, 0.6) is 0 Å². The Hall–Kier alpha value is -1.88. The number of benzene rings is 1. The Morgan fingerprint density at radius 3 is 2.58 bits per heavy atom. The number of carbonyl (C=O) groups is 2. The van der Waals surface area contributed by atoms with Crippen LogP contribution in [0.2, 0.25) is 0 Å². The van der Waals surface area contributed by atoms with E-state index in [1.54, 1.807) is 12.1 Å². The first-order valence-electron chi connectivity index (χ1n) is 6.40. The van der Waals surface area contributed by atoms with E-state index in [0.717, 1.165) is 5.56 Å². The van der Waals surface area contributed by atoms with Crippen molar-refractivity contribution in [3.63, 3.8) is 0 Å². The highest BCUT2D eigenvalue weighted by molar-refractivity contribution is 5.97. The first-order chi connectivity index (χ1) is 9.04. The Labute approximate surface area is 113 Å². The standard InChI is InChI=1S/C14H21N3O2/c1-10(2)17-13(18)9-16-14(19)12-6-4-3-5-11(12)7-8-15/h3-6,10H,7-9,15H2,1-2H3,(H,16,19)(H,17,18). The van der Waals surface area contributed by atoms with Gasteiger partial charge in [0.1, 0.15) is 0 Å². The second-order valence-corrected chi connectivity index (χ2v) is 4.60. The SMILES string of the molecule is CC(C)NC(=O)CNC(=O)c1ccccc1CCN. The van der Waals surface area contributed by atoms with Crippen LogP contribution in [-0.4, -0.2) is 30.9 Å². The Morgan fingerprint density at radius 2 is 1.95 bits per heavy atom. The summed E-state index contributed by atoms with van der Waals surface area (Å²) in [4.78, 5) is 23.5. The molecule has 0 radical (unpaired) electrons. The minimum absolute atomic E-state index is 0.0199. The summed E-state index contributed by atoms with van der Waals surface area (Å²) in [5.41, 5.74) is 6.98. The molecule has 1 rings (SSSR count). The van der Waals surface area contributed by atoms with Crippen LogP contribution in [0.3, 0.4) is 0 Å². The number of nitrogens with one attached hydrogen (secondary N) is 2. The van der Waals surface area contributed by atoms with Gasteiger partial charge in [-0.3, -0.25) is 9.59 Å². The van der Waals surface area contributed by atoms with Gasteiger partial charge in [0.25, 0.3) is 5.91 Å². The second kappa shape index (κ2) is 7.53. The number of nitrogens with two attached hydrogens (primary N) is 1. The molecule has 5 heteroatoms. The first-order valence-corrected chi connectivity index (χ1v) is 6.40. The lowest BCUT2D eigenvalue weighted by atomic mass is 10.0. The van der Waals surface area contributed by atoms with Crippen molar-refractivity contribution < 1.29 is 9.59 Å². The van der Waals surface area contributed by atoms with Gasteiger partial charge in [-0.2, -0.15) is 0 Å². The normalized spacial score (nSPS) is 10.3. The molecular formula is C14H21N3O2. The topological polar surface area (TPSA) is 84.2 Å². The van der Waals surface area contributed by atoms with Gasteiger partial charge in [0.05, 0.1) is 6.54 Å². The number of amides is 2. The molecule has 4 N–H and O–H groups in total. The summed E-state index contributed by atoms with van der Waals surface area (Å²) < 4.78 is 0.